The van der Waals surface area contributed by atoms with Crippen LogP contribution in [0.2, 0.25) is 0 Å². The number of aliphatic hydroxyl groups is 1. The zero-order valence-electron chi connectivity index (χ0n) is 11.3. The first-order valence-electron chi connectivity index (χ1n) is 6.84. The normalized spacial score (nSPS) is 18.8. The Morgan fingerprint density at radius 1 is 1.42 bits per heavy atom. The number of phenols is 1. The molecule has 4 heteroatoms. The zero-order chi connectivity index (χ0) is 13.8. The molecule has 0 spiro atoms. The third kappa shape index (κ3) is 3.26. The topological polar surface area (TPSA) is 60.8 Å². The summed E-state index contributed by atoms with van der Waals surface area (Å²) in [5.74, 6) is 0.119. The molecule has 2 N–H and O–H groups in total. The van der Waals surface area contributed by atoms with Crippen LogP contribution in [0.3, 0.4) is 0 Å². The van der Waals surface area contributed by atoms with Gasteiger partial charge in [0.15, 0.2) is 0 Å². The maximum Gasteiger partial charge on any atom is 0.254 e. The van der Waals surface area contributed by atoms with Crippen LogP contribution < -0.4 is 0 Å². The van der Waals surface area contributed by atoms with Crippen LogP contribution in [0.15, 0.2) is 18.2 Å². The maximum absolute atomic E-state index is 12.5. The molecule has 19 heavy (non-hydrogen) atoms. The molecule has 1 unspecified atom stereocenters. The number of aromatic hydroxyl groups is 1. The summed E-state index contributed by atoms with van der Waals surface area (Å²) < 4.78 is 0. The lowest BCUT2D eigenvalue weighted by atomic mass is 10.1. The van der Waals surface area contributed by atoms with Gasteiger partial charge in [0.1, 0.15) is 5.75 Å². The highest BCUT2D eigenvalue weighted by atomic mass is 16.3. The quantitative estimate of drug-likeness (QED) is 0.874. The Morgan fingerprint density at radius 2 is 2.21 bits per heavy atom. The average molecular weight is 263 g/mol. The first-order chi connectivity index (χ1) is 9.11. The predicted octanol–water partition coefficient (Wildman–Crippen LogP) is 2.08. The van der Waals surface area contributed by atoms with Gasteiger partial charge in [0.2, 0.25) is 0 Å². The smallest absolute Gasteiger partial charge is 0.254 e. The van der Waals surface area contributed by atoms with Gasteiger partial charge in [-0.15, -0.1) is 0 Å². The van der Waals surface area contributed by atoms with E-state index in [2.05, 4.69) is 0 Å². The largest absolute Gasteiger partial charge is 0.508 e. The molecule has 0 aromatic heterocycles. The van der Waals surface area contributed by atoms with Crippen molar-refractivity contribution >= 4 is 5.91 Å². The molecule has 0 saturated carbocycles. The van der Waals surface area contributed by atoms with Crippen LogP contribution >= 0.6 is 0 Å². The van der Waals surface area contributed by atoms with Crippen LogP contribution in [0.25, 0.3) is 0 Å². The van der Waals surface area contributed by atoms with E-state index in [-0.39, 0.29) is 24.3 Å². The van der Waals surface area contributed by atoms with Crippen LogP contribution in [-0.2, 0) is 0 Å². The molecule has 1 fully saturated rings. The summed E-state index contributed by atoms with van der Waals surface area (Å²) in [5.41, 5.74) is 1.43. The van der Waals surface area contributed by atoms with Gasteiger partial charge in [0.05, 0.1) is 0 Å². The fourth-order valence-electron chi connectivity index (χ4n) is 2.78. The van der Waals surface area contributed by atoms with E-state index in [1.165, 1.54) is 6.07 Å². The molecule has 1 amide bonds. The molecule has 0 radical (unpaired) electrons. The van der Waals surface area contributed by atoms with Crippen LogP contribution in [0, 0.1) is 6.92 Å². The Morgan fingerprint density at radius 3 is 2.89 bits per heavy atom. The van der Waals surface area contributed by atoms with E-state index in [4.69, 9.17) is 5.11 Å². The number of carbonyl (C=O) groups excluding carboxylic acids is 1. The van der Waals surface area contributed by atoms with E-state index in [1.54, 1.807) is 6.07 Å². The first-order valence-corrected chi connectivity index (χ1v) is 6.84. The van der Waals surface area contributed by atoms with Crippen molar-refractivity contribution in [1.29, 1.82) is 0 Å². The molecule has 104 valence electrons. The van der Waals surface area contributed by atoms with E-state index in [1.807, 2.05) is 17.9 Å². The summed E-state index contributed by atoms with van der Waals surface area (Å²) >= 11 is 0. The van der Waals surface area contributed by atoms with Gasteiger partial charge in [0, 0.05) is 24.8 Å². The Hall–Kier alpha value is -1.55. The van der Waals surface area contributed by atoms with Crippen molar-refractivity contribution in [2.24, 2.45) is 0 Å². The van der Waals surface area contributed by atoms with Crippen molar-refractivity contribution in [1.82, 2.24) is 4.90 Å². The Balaban J connectivity index is 2.13. The van der Waals surface area contributed by atoms with Crippen molar-refractivity contribution in [2.75, 3.05) is 13.2 Å². The van der Waals surface area contributed by atoms with E-state index >= 15 is 0 Å². The fraction of sp³-hybridized carbons (Fsp3) is 0.533. The van der Waals surface area contributed by atoms with Crippen molar-refractivity contribution in [3.05, 3.63) is 29.3 Å². The Bertz CT molecular complexity index is 438. The number of phenolic OH excluding ortho intramolecular Hbond substituents is 1. The molecule has 1 heterocycles. The minimum Gasteiger partial charge on any atom is -0.508 e. The van der Waals surface area contributed by atoms with Gasteiger partial charge >= 0.3 is 0 Å². The molecule has 0 aliphatic carbocycles. The van der Waals surface area contributed by atoms with E-state index in [9.17, 15) is 9.90 Å². The van der Waals surface area contributed by atoms with E-state index < -0.39 is 0 Å². The Labute approximate surface area is 113 Å². The lowest BCUT2D eigenvalue weighted by Gasteiger charge is -2.25. The molecule has 1 atom stereocenters. The highest BCUT2D eigenvalue weighted by Gasteiger charge is 2.29. The second kappa shape index (κ2) is 6.06. The molecule has 1 aromatic carbocycles. The standard InChI is InChI=1S/C15H21NO3/c1-11-8-12(10-14(18)9-11)15(19)16-6-2-4-13(16)5-3-7-17/h8-10,13,17-18H,2-7H2,1H3. The number of nitrogens with zero attached hydrogens (tertiary/aromatic N) is 1. The predicted molar refractivity (Wildman–Crippen MR) is 73.2 cm³/mol. The van der Waals surface area contributed by atoms with Gasteiger partial charge in [-0.25, -0.2) is 0 Å². The van der Waals surface area contributed by atoms with E-state index in [0.717, 1.165) is 37.8 Å². The second-order valence-corrected chi connectivity index (χ2v) is 5.22. The van der Waals surface area contributed by atoms with Gasteiger partial charge in [-0.3, -0.25) is 4.79 Å². The van der Waals surface area contributed by atoms with Crippen molar-refractivity contribution in [3.63, 3.8) is 0 Å². The minimum atomic E-state index is -0.0144. The second-order valence-electron chi connectivity index (χ2n) is 5.22. The molecular weight excluding hydrogens is 242 g/mol. The summed E-state index contributed by atoms with van der Waals surface area (Å²) in [6.07, 6.45) is 3.59. The number of hydrogen-bond donors (Lipinski definition) is 2. The molecule has 1 aliphatic heterocycles. The number of amides is 1. The number of likely N-dealkylation sites (tertiary alicyclic amines) is 1. The van der Waals surface area contributed by atoms with Crippen molar-refractivity contribution in [3.8, 4) is 5.75 Å². The van der Waals surface area contributed by atoms with Gasteiger partial charge in [0.25, 0.3) is 5.91 Å². The molecule has 4 nitrogen and oxygen atoms in total. The van der Waals surface area contributed by atoms with Crippen molar-refractivity contribution < 1.29 is 15.0 Å². The third-order valence-corrected chi connectivity index (χ3v) is 3.64. The van der Waals surface area contributed by atoms with E-state index in [0.29, 0.717) is 5.56 Å². The Kier molecular flexibility index (Phi) is 4.43. The lowest BCUT2D eigenvalue weighted by Crippen LogP contribution is -2.35. The molecule has 1 saturated heterocycles. The van der Waals surface area contributed by atoms with Gasteiger partial charge < -0.3 is 15.1 Å². The SMILES string of the molecule is Cc1cc(O)cc(C(=O)N2CCCC2CCCO)c1. The summed E-state index contributed by atoms with van der Waals surface area (Å²) in [6, 6.07) is 5.20. The van der Waals surface area contributed by atoms with Crippen molar-refractivity contribution in [2.45, 2.75) is 38.6 Å². The highest BCUT2D eigenvalue weighted by Crippen LogP contribution is 2.25. The monoisotopic (exact) mass is 263 g/mol. The first kappa shape index (κ1) is 13.9. The number of carbonyl (C=O) groups is 1. The minimum absolute atomic E-state index is 0.0144. The van der Waals surface area contributed by atoms with Gasteiger partial charge in [-0.2, -0.15) is 0 Å². The zero-order valence-corrected chi connectivity index (χ0v) is 11.3. The summed E-state index contributed by atoms with van der Waals surface area (Å²) in [5, 5.41) is 18.5. The van der Waals surface area contributed by atoms with Gasteiger partial charge in [-0.1, -0.05) is 0 Å². The fourth-order valence-corrected chi connectivity index (χ4v) is 2.78. The van der Waals surface area contributed by atoms with Crippen LogP contribution in [0.1, 0.15) is 41.6 Å². The highest BCUT2D eigenvalue weighted by molar-refractivity contribution is 5.95. The molecule has 1 aromatic rings. The number of benzene rings is 1. The maximum atomic E-state index is 12.5. The number of aliphatic hydroxyl groups excluding tert-OH is 1. The number of hydrogen-bond acceptors (Lipinski definition) is 3. The van der Waals surface area contributed by atoms with Crippen LogP contribution in [-0.4, -0.2) is 40.2 Å². The van der Waals surface area contributed by atoms with Crippen LogP contribution in [0.4, 0.5) is 0 Å². The molecule has 2 rings (SSSR count). The molecule has 1 aliphatic rings. The summed E-state index contributed by atoms with van der Waals surface area (Å²) in [7, 11) is 0. The average Bonchev–Trinajstić information content (AvgIpc) is 2.82. The van der Waals surface area contributed by atoms with Crippen LogP contribution in [0.5, 0.6) is 5.75 Å². The molecular formula is C15H21NO3. The molecule has 0 bridgehead atoms. The third-order valence-electron chi connectivity index (χ3n) is 3.64. The number of aryl methyl sites for hydroxylation is 1. The van der Waals surface area contributed by atoms with Gasteiger partial charge in [-0.05, 0) is 56.4 Å². The summed E-state index contributed by atoms with van der Waals surface area (Å²) in [4.78, 5) is 14.4. The summed E-state index contributed by atoms with van der Waals surface area (Å²) in [6.45, 7) is 2.80. The number of rotatable bonds is 4. The lowest BCUT2D eigenvalue weighted by molar-refractivity contribution is 0.0724.